The van der Waals surface area contributed by atoms with Crippen LogP contribution in [0.15, 0.2) is 24.3 Å². The lowest BCUT2D eigenvalue weighted by atomic mass is 10.2. The van der Waals surface area contributed by atoms with Crippen molar-refractivity contribution in [2.24, 2.45) is 5.92 Å². The van der Waals surface area contributed by atoms with E-state index in [9.17, 15) is 14.9 Å². The molecule has 6 heteroatoms. The van der Waals surface area contributed by atoms with Crippen molar-refractivity contribution < 1.29 is 9.72 Å². The molecule has 0 saturated heterocycles. The number of nitro benzene ring substituents is 1. The van der Waals surface area contributed by atoms with Crippen LogP contribution in [-0.2, 0) is 4.79 Å². The molecule has 20 heavy (non-hydrogen) atoms. The Bertz CT molecular complexity index is 568. The van der Waals surface area contributed by atoms with Gasteiger partial charge in [0.1, 0.15) is 5.02 Å². The number of nitro groups is 1. The Morgan fingerprint density at radius 3 is 2.85 bits per heavy atom. The summed E-state index contributed by atoms with van der Waals surface area (Å²) >= 11 is 5.72. The van der Waals surface area contributed by atoms with Crippen LogP contribution in [0.25, 0.3) is 6.08 Å². The van der Waals surface area contributed by atoms with Crippen LogP contribution in [0.2, 0.25) is 5.02 Å². The van der Waals surface area contributed by atoms with Crippen LogP contribution in [0.4, 0.5) is 5.69 Å². The fourth-order valence-corrected chi connectivity index (χ4v) is 2.12. The van der Waals surface area contributed by atoms with E-state index in [1.165, 1.54) is 24.3 Å². The zero-order valence-electron chi connectivity index (χ0n) is 11.0. The molecule has 1 fully saturated rings. The maximum absolute atomic E-state index is 11.7. The van der Waals surface area contributed by atoms with Crippen LogP contribution in [0, 0.1) is 16.0 Å². The summed E-state index contributed by atoms with van der Waals surface area (Å²) in [5.41, 5.74) is 0.399. The first-order valence-electron chi connectivity index (χ1n) is 6.40. The molecule has 0 radical (unpaired) electrons. The summed E-state index contributed by atoms with van der Waals surface area (Å²) in [6.07, 6.45) is 5.24. The van der Waals surface area contributed by atoms with Crippen LogP contribution in [0.3, 0.4) is 0 Å². The van der Waals surface area contributed by atoms with Gasteiger partial charge >= 0.3 is 0 Å². The van der Waals surface area contributed by atoms with Gasteiger partial charge in [0.15, 0.2) is 0 Å². The molecule has 1 atom stereocenters. The van der Waals surface area contributed by atoms with E-state index in [2.05, 4.69) is 5.32 Å². The molecule has 0 spiro atoms. The van der Waals surface area contributed by atoms with E-state index in [1.807, 2.05) is 6.92 Å². The summed E-state index contributed by atoms with van der Waals surface area (Å²) in [7, 11) is 0. The molecular formula is C14H15ClN2O3. The minimum Gasteiger partial charge on any atom is -0.350 e. The van der Waals surface area contributed by atoms with Gasteiger partial charge in [-0.2, -0.15) is 0 Å². The number of halogens is 1. The van der Waals surface area contributed by atoms with Gasteiger partial charge in [-0.25, -0.2) is 0 Å². The van der Waals surface area contributed by atoms with Gasteiger partial charge in [-0.3, -0.25) is 14.9 Å². The number of hydrogen-bond acceptors (Lipinski definition) is 3. The zero-order chi connectivity index (χ0) is 14.7. The molecule has 1 saturated carbocycles. The maximum atomic E-state index is 11.7. The van der Waals surface area contributed by atoms with Crippen molar-refractivity contribution in [3.05, 3.63) is 45.0 Å². The van der Waals surface area contributed by atoms with Crippen LogP contribution < -0.4 is 5.32 Å². The quantitative estimate of drug-likeness (QED) is 0.515. The van der Waals surface area contributed by atoms with Gasteiger partial charge in [-0.1, -0.05) is 17.7 Å². The first kappa shape index (κ1) is 14.5. The van der Waals surface area contributed by atoms with Crippen molar-refractivity contribution in [1.29, 1.82) is 0 Å². The summed E-state index contributed by atoms with van der Waals surface area (Å²) in [6.45, 7) is 1.98. The zero-order valence-corrected chi connectivity index (χ0v) is 11.8. The Kier molecular flexibility index (Phi) is 4.39. The minimum atomic E-state index is -0.547. The van der Waals surface area contributed by atoms with Crippen molar-refractivity contribution in [3.8, 4) is 0 Å². The van der Waals surface area contributed by atoms with Crippen molar-refractivity contribution in [1.82, 2.24) is 5.32 Å². The van der Waals surface area contributed by atoms with Crippen molar-refractivity contribution in [3.63, 3.8) is 0 Å². The SMILES string of the molecule is CC(NC(=O)C=Cc1ccc(Cl)c([N+](=O)[O-])c1)C1CC1. The average molecular weight is 295 g/mol. The maximum Gasteiger partial charge on any atom is 0.288 e. The highest BCUT2D eigenvalue weighted by Crippen LogP contribution is 2.32. The summed E-state index contributed by atoms with van der Waals surface area (Å²) in [6, 6.07) is 4.59. The van der Waals surface area contributed by atoms with Gasteiger partial charge in [0.2, 0.25) is 5.91 Å². The lowest BCUT2D eigenvalue weighted by molar-refractivity contribution is -0.384. The van der Waals surface area contributed by atoms with Gasteiger partial charge in [-0.15, -0.1) is 0 Å². The molecule has 1 amide bonds. The van der Waals surface area contributed by atoms with Gasteiger partial charge < -0.3 is 5.32 Å². The summed E-state index contributed by atoms with van der Waals surface area (Å²) in [5, 5.41) is 13.7. The third-order valence-electron chi connectivity index (χ3n) is 3.29. The summed E-state index contributed by atoms with van der Waals surface area (Å²) in [4.78, 5) is 21.9. The van der Waals surface area contributed by atoms with Crippen LogP contribution in [-0.4, -0.2) is 16.9 Å². The van der Waals surface area contributed by atoms with Crippen molar-refractivity contribution >= 4 is 29.3 Å². The number of rotatable bonds is 5. The fourth-order valence-electron chi connectivity index (χ4n) is 1.93. The second-order valence-corrected chi connectivity index (χ2v) is 5.34. The molecule has 0 bridgehead atoms. The predicted molar refractivity (Wildman–Crippen MR) is 77.5 cm³/mol. The molecule has 1 N–H and O–H groups in total. The molecule has 1 aromatic rings. The molecule has 1 aliphatic rings. The monoisotopic (exact) mass is 294 g/mol. The third kappa shape index (κ3) is 3.81. The molecule has 1 aromatic carbocycles. The van der Waals surface area contributed by atoms with Gasteiger partial charge in [0.25, 0.3) is 5.69 Å². The van der Waals surface area contributed by atoms with Gasteiger partial charge in [0, 0.05) is 18.2 Å². The van der Waals surface area contributed by atoms with E-state index in [-0.39, 0.29) is 22.7 Å². The standard InChI is InChI=1S/C14H15ClN2O3/c1-9(11-4-5-11)16-14(18)7-3-10-2-6-12(15)13(8-10)17(19)20/h2-3,6-9,11H,4-5H2,1H3,(H,16,18). The molecule has 1 unspecified atom stereocenters. The number of nitrogens with zero attached hydrogens (tertiary/aromatic N) is 1. The number of carbonyl (C=O) groups is 1. The van der Waals surface area contributed by atoms with E-state index in [4.69, 9.17) is 11.6 Å². The van der Waals surface area contributed by atoms with Crippen molar-refractivity contribution in [2.75, 3.05) is 0 Å². The number of hydrogen-bond donors (Lipinski definition) is 1. The smallest absolute Gasteiger partial charge is 0.288 e. The summed E-state index contributed by atoms with van der Waals surface area (Å²) < 4.78 is 0. The summed E-state index contributed by atoms with van der Waals surface area (Å²) in [5.74, 6) is 0.394. The van der Waals surface area contributed by atoms with Gasteiger partial charge in [-0.05, 0) is 43.4 Å². The molecular weight excluding hydrogens is 280 g/mol. The molecule has 0 aliphatic heterocycles. The Morgan fingerprint density at radius 1 is 1.55 bits per heavy atom. The number of amides is 1. The normalized spacial score (nSPS) is 16.1. The van der Waals surface area contributed by atoms with E-state index in [0.717, 1.165) is 12.8 Å². The van der Waals surface area contributed by atoms with Crippen LogP contribution in [0.5, 0.6) is 0 Å². The highest BCUT2D eigenvalue weighted by molar-refractivity contribution is 6.32. The van der Waals surface area contributed by atoms with Crippen LogP contribution >= 0.6 is 11.6 Å². The van der Waals surface area contributed by atoms with E-state index >= 15 is 0 Å². The molecule has 0 heterocycles. The second-order valence-electron chi connectivity index (χ2n) is 4.94. The lowest BCUT2D eigenvalue weighted by Gasteiger charge is -2.10. The first-order chi connectivity index (χ1) is 9.47. The largest absolute Gasteiger partial charge is 0.350 e. The topological polar surface area (TPSA) is 72.2 Å². The van der Waals surface area contributed by atoms with E-state index in [0.29, 0.717) is 11.5 Å². The second kappa shape index (κ2) is 6.05. The van der Waals surface area contributed by atoms with Gasteiger partial charge in [0.05, 0.1) is 4.92 Å². The Labute approximate surface area is 121 Å². The Balaban J connectivity index is 2.01. The fraction of sp³-hybridized carbons (Fsp3) is 0.357. The first-order valence-corrected chi connectivity index (χ1v) is 6.77. The highest BCUT2D eigenvalue weighted by atomic mass is 35.5. The average Bonchev–Trinajstić information content (AvgIpc) is 3.21. The third-order valence-corrected chi connectivity index (χ3v) is 3.61. The molecule has 2 rings (SSSR count). The predicted octanol–water partition coefficient (Wildman–Crippen LogP) is 3.18. The highest BCUT2D eigenvalue weighted by Gasteiger charge is 2.28. The van der Waals surface area contributed by atoms with E-state index < -0.39 is 4.92 Å². The number of carbonyl (C=O) groups excluding carboxylic acids is 1. The van der Waals surface area contributed by atoms with Crippen LogP contribution in [0.1, 0.15) is 25.3 Å². The molecule has 0 aromatic heterocycles. The Hall–Kier alpha value is -1.88. The molecule has 106 valence electrons. The van der Waals surface area contributed by atoms with E-state index in [1.54, 1.807) is 6.07 Å². The molecule has 1 aliphatic carbocycles. The number of nitrogens with one attached hydrogen (secondary N) is 1. The number of benzene rings is 1. The Morgan fingerprint density at radius 2 is 2.25 bits per heavy atom. The molecule has 5 nitrogen and oxygen atoms in total. The minimum absolute atomic E-state index is 0.0824. The van der Waals surface area contributed by atoms with Crippen molar-refractivity contribution in [2.45, 2.75) is 25.8 Å². The lowest BCUT2D eigenvalue weighted by Crippen LogP contribution is -2.32.